The van der Waals surface area contributed by atoms with E-state index < -0.39 is 59.3 Å². The molecule has 0 radical (unpaired) electrons. The van der Waals surface area contributed by atoms with Gasteiger partial charge in [-0.25, -0.2) is 0 Å². The summed E-state index contributed by atoms with van der Waals surface area (Å²) >= 11 is 0. The highest BCUT2D eigenvalue weighted by Gasteiger charge is 2.71. The maximum Gasteiger partial charge on any atom is 0.304 e. The molecular formula is C15H22O10. The molecule has 0 rings (SSSR count). The largest absolute Gasteiger partial charge is 0.443 e. The van der Waals surface area contributed by atoms with Gasteiger partial charge in [0.25, 0.3) is 11.2 Å². The zero-order valence-electron chi connectivity index (χ0n) is 14.6. The van der Waals surface area contributed by atoms with Gasteiger partial charge in [-0.05, 0) is 20.8 Å². The normalized spacial score (nSPS) is 16.2. The van der Waals surface area contributed by atoms with Crippen molar-refractivity contribution in [1.82, 2.24) is 0 Å². The van der Waals surface area contributed by atoms with Gasteiger partial charge in [0.15, 0.2) is 17.3 Å². The summed E-state index contributed by atoms with van der Waals surface area (Å²) in [4.78, 5) is 60.0. The molecule has 0 aromatic carbocycles. The smallest absolute Gasteiger partial charge is 0.304 e. The SMILES string of the molecule is CC(=O)OC(C(C)=O)(C(C)=O)[C@](OC(C)=O)(C(C)=O)[C@@H](O)[C@H](O)CO. The molecule has 3 N–H and O–H groups in total. The first-order valence-corrected chi connectivity index (χ1v) is 7.20. The van der Waals surface area contributed by atoms with Crippen LogP contribution in [0.15, 0.2) is 0 Å². The highest BCUT2D eigenvalue weighted by Crippen LogP contribution is 2.38. The first-order chi connectivity index (χ1) is 11.3. The van der Waals surface area contributed by atoms with Gasteiger partial charge in [0.1, 0.15) is 12.2 Å². The number of carbonyl (C=O) groups is 5. The van der Waals surface area contributed by atoms with Gasteiger partial charge in [0, 0.05) is 13.8 Å². The lowest BCUT2D eigenvalue weighted by molar-refractivity contribution is -0.236. The number of carbonyl (C=O) groups excluding carboxylic acids is 5. The molecule has 3 atom stereocenters. The Labute approximate surface area is 143 Å². The summed E-state index contributed by atoms with van der Waals surface area (Å²) in [7, 11) is 0. The Bertz CT molecular complexity index is 567. The first-order valence-electron chi connectivity index (χ1n) is 7.20. The highest BCUT2D eigenvalue weighted by molar-refractivity contribution is 6.16. The van der Waals surface area contributed by atoms with Crippen LogP contribution in [-0.4, -0.2) is 74.6 Å². The lowest BCUT2D eigenvalue weighted by Crippen LogP contribution is -2.76. The molecule has 25 heavy (non-hydrogen) atoms. The quantitative estimate of drug-likeness (QED) is 0.311. The number of aliphatic hydroxyl groups excluding tert-OH is 3. The molecule has 0 heterocycles. The lowest BCUT2D eigenvalue weighted by Gasteiger charge is -2.46. The minimum atomic E-state index is -3.09. The van der Waals surface area contributed by atoms with E-state index in [1.54, 1.807) is 0 Å². The van der Waals surface area contributed by atoms with Gasteiger partial charge in [0.05, 0.1) is 6.61 Å². The minimum absolute atomic E-state index is 0.764. The van der Waals surface area contributed by atoms with Crippen LogP contribution in [0.4, 0.5) is 0 Å². The van der Waals surface area contributed by atoms with Gasteiger partial charge >= 0.3 is 11.9 Å². The van der Waals surface area contributed by atoms with Gasteiger partial charge in [0.2, 0.25) is 0 Å². The number of esters is 2. The topological polar surface area (TPSA) is 164 Å². The van der Waals surface area contributed by atoms with E-state index in [0.29, 0.717) is 0 Å². The molecule has 0 spiro atoms. The number of ether oxygens (including phenoxy) is 2. The van der Waals surface area contributed by atoms with Crippen molar-refractivity contribution < 1.29 is 48.8 Å². The third-order valence-corrected chi connectivity index (χ3v) is 3.61. The Morgan fingerprint density at radius 1 is 0.800 bits per heavy atom. The van der Waals surface area contributed by atoms with Crippen LogP contribution in [-0.2, 0) is 33.4 Å². The minimum Gasteiger partial charge on any atom is -0.443 e. The Morgan fingerprint density at radius 3 is 1.44 bits per heavy atom. The summed E-state index contributed by atoms with van der Waals surface area (Å²) in [5, 5.41) is 29.2. The third kappa shape index (κ3) is 3.91. The molecule has 0 aliphatic carbocycles. The zero-order chi connectivity index (χ0) is 20.2. The van der Waals surface area contributed by atoms with E-state index in [1.807, 2.05) is 0 Å². The summed E-state index contributed by atoms with van der Waals surface area (Å²) in [5.74, 6) is -6.10. The van der Waals surface area contributed by atoms with Crippen LogP contribution >= 0.6 is 0 Å². The van der Waals surface area contributed by atoms with E-state index in [-0.39, 0.29) is 0 Å². The number of Topliss-reactive ketones (excluding diaryl/α,β-unsaturated/α-hetero) is 3. The highest BCUT2D eigenvalue weighted by atomic mass is 16.6. The van der Waals surface area contributed by atoms with Gasteiger partial charge in [-0.1, -0.05) is 0 Å². The molecular weight excluding hydrogens is 340 g/mol. The number of aliphatic hydroxyl groups is 3. The second-order valence-corrected chi connectivity index (χ2v) is 5.47. The summed E-state index contributed by atoms with van der Waals surface area (Å²) in [6.07, 6.45) is -4.55. The van der Waals surface area contributed by atoms with Crippen molar-refractivity contribution in [2.24, 2.45) is 0 Å². The average Bonchev–Trinajstić information content (AvgIpc) is 2.47. The van der Waals surface area contributed by atoms with E-state index in [0.717, 1.165) is 34.6 Å². The fourth-order valence-corrected chi connectivity index (χ4v) is 2.67. The van der Waals surface area contributed by atoms with E-state index >= 15 is 0 Å². The first kappa shape index (κ1) is 22.8. The average molecular weight is 362 g/mol. The van der Waals surface area contributed by atoms with Crippen LogP contribution in [0.3, 0.4) is 0 Å². The molecule has 0 aromatic heterocycles. The lowest BCUT2D eigenvalue weighted by atomic mass is 9.69. The fraction of sp³-hybridized carbons (Fsp3) is 0.667. The molecule has 142 valence electrons. The molecule has 10 nitrogen and oxygen atoms in total. The van der Waals surface area contributed by atoms with E-state index in [2.05, 4.69) is 0 Å². The van der Waals surface area contributed by atoms with Crippen LogP contribution in [0.2, 0.25) is 0 Å². The maximum atomic E-state index is 12.4. The Hall–Kier alpha value is -2.17. The summed E-state index contributed by atoms with van der Waals surface area (Å²) in [6.45, 7) is 2.86. The second kappa shape index (κ2) is 8.28. The number of hydrogen-bond donors (Lipinski definition) is 3. The molecule has 10 heteroatoms. The third-order valence-electron chi connectivity index (χ3n) is 3.61. The van der Waals surface area contributed by atoms with Crippen molar-refractivity contribution in [2.45, 2.75) is 58.0 Å². The standard InChI is InChI=1S/C15H22O10/c1-7(17)14(8(2)18,24-10(4)20)15(9(3)19,25-11(5)21)13(23)12(22)6-16/h12-13,16,22-23H,6H2,1-5H3/t12-,13+,15+/m1/s1. The Balaban J connectivity index is 7.10. The molecule has 0 aromatic rings. The zero-order valence-corrected chi connectivity index (χ0v) is 14.6. The van der Waals surface area contributed by atoms with Crippen molar-refractivity contribution in [2.75, 3.05) is 6.61 Å². The van der Waals surface area contributed by atoms with Crippen LogP contribution in [0.25, 0.3) is 0 Å². The second-order valence-electron chi connectivity index (χ2n) is 5.47. The fourth-order valence-electron chi connectivity index (χ4n) is 2.67. The van der Waals surface area contributed by atoms with E-state index in [9.17, 15) is 34.2 Å². The van der Waals surface area contributed by atoms with Crippen molar-refractivity contribution in [3.8, 4) is 0 Å². The molecule has 0 saturated heterocycles. The predicted octanol–water partition coefficient (Wildman–Crippen LogP) is -1.93. The molecule has 0 saturated carbocycles. The van der Waals surface area contributed by atoms with E-state index in [1.165, 1.54) is 0 Å². The molecule has 0 amide bonds. The Kier molecular flexibility index (Phi) is 7.56. The molecule has 0 bridgehead atoms. The molecule has 0 fully saturated rings. The summed E-state index contributed by atoms with van der Waals surface area (Å²) in [6, 6.07) is 0. The number of ketones is 3. The summed E-state index contributed by atoms with van der Waals surface area (Å²) < 4.78 is 9.66. The van der Waals surface area contributed by atoms with Gasteiger partial charge in [-0.3, -0.25) is 24.0 Å². The number of hydrogen-bond acceptors (Lipinski definition) is 10. The Morgan fingerprint density at radius 2 is 1.20 bits per heavy atom. The van der Waals surface area contributed by atoms with Crippen LogP contribution in [0, 0.1) is 0 Å². The molecule has 0 aliphatic heterocycles. The van der Waals surface area contributed by atoms with Crippen molar-refractivity contribution in [3.05, 3.63) is 0 Å². The van der Waals surface area contributed by atoms with Gasteiger partial charge < -0.3 is 24.8 Å². The maximum absolute atomic E-state index is 12.4. The summed E-state index contributed by atoms with van der Waals surface area (Å²) in [5.41, 5.74) is -6.14. The predicted molar refractivity (Wildman–Crippen MR) is 80.1 cm³/mol. The van der Waals surface area contributed by atoms with Crippen molar-refractivity contribution >= 4 is 29.3 Å². The van der Waals surface area contributed by atoms with E-state index in [4.69, 9.17) is 14.6 Å². The monoisotopic (exact) mass is 362 g/mol. The van der Waals surface area contributed by atoms with Crippen LogP contribution in [0.5, 0.6) is 0 Å². The number of rotatable bonds is 9. The molecule has 0 unspecified atom stereocenters. The van der Waals surface area contributed by atoms with Gasteiger partial charge in [-0.15, -0.1) is 0 Å². The van der Waals surface area contributed by atoms with Crippen molar-refractivity contribution in [3.63, 3.8) is 0 Å². The molecule has 0 aliphatic rings. The van der Waals surface area contributed by atoms with Crippen LogP contribution in [0.1, 0.15) is 34.6 Å². The van der Waals surface area contributed by atoms with Crippen molar-refractivity contribution in [1.29, 1.82) is 0 Å². The van der Waals surface area contributed by atoms with Gasteiger partial charge in [-0.2, -0.15) is 0 Å². The van der Waals surface area contributed by atoms with Crippen LogP contribution < -0.4 is 0 Å².